The van der Waals surface area contributed by atoms with Gasteiger partial charge in [0.25, 0.3) is 0 Å². The van der Waals surface area contributed by atoms with Gasteiger partial charge in [-0.25, -0.2) is 0 Å². The van der Waals surface area contributed by atoms with E-state index in [9.17, 15) is 0 Å². The van der Waals surface area contributed by atoms with Gasteiger partial charge in [0.05, 0.1) is 0 Å². The molecular weight excluding hydrogens is 271 g/mol. The average Bonchev–Trinajstić information content (AvgIpc) is 2.83. The third kappa shape index (κ3) is 1.74. The van der Waals surface area contributed by atoms with Gasteiger partial charge in [-0.1, -0.05) is 0 Å². The van der Waals surface area contributed by atoms with E-state index in [-0.39, 0.29) is 0 Å². The zero-order valence-electron chi connectivity index (χ0n) is 10.7. The van der Waals surface area contributed by atoms with Crippen molar-refractivity contribution >= 4 is 4.21 Å². The summed E-state index contributed by atoms with van der Waals surface area (Å²) in [5, 5.41) is 0. The summed E-state index contributed by atoms with van der Waals surface area (Å²) in [6, 6.07) is 0. The van der Waals surface area contributed by atoms with Crippen LogP contribution in [0.15, 0.2) is 47.1 Å². The second-order valence-corrected chi connectivity index (χ2v) is 11.9. The molecule has 2 aliphatic carbocycles. The Morgan fingerprint density at radius 2 is 1.75 bits per heavy atom. The molecule has 0 radical (unpaired) electrons. The molecule has 1 unspecified atom stereocenters. The Kier molecular flexibility index (Phi) is 3.18. The quantitative estimate of drug-likeness (QED) is 0.706. The van der Waals surface area contributed by atoms with Crippen LogP contribution in [-0.4, -0.2) is 4.21 Å². The predicted octanol–water partition coefficient (Wildman–Crippen LogP) is 4.43. The monoisotopic (exact) mass is 290 g/mol. The number of allylic oxidation sites excluding steroid dienone is 8. The Balaban J connectivity index is 2.38. The number of hydrogen-bond acceptors (Lipinski definition) is 0. The van der Waals surface area contributed by atoms with Crippen LogP contribution in [0.25, 0.3) is 0 Å². The SMILES string of the molecule is [CH2]=[Zr]([CH]1C=CC=C1)[C]1(C)C=C(C)C(C)=C1C. The van der Waals surface area contributed by atoms with Gasteiger partial charge in [0.1, 0.15) is 0 Å². The minimum absolute atomic E-state index is 0.320. The van der Waals surface area contributed by atoms with E-state index in [1.165, 1.54) is 11.1 Å². The molecule has 0 aromatic heterocycles. The fraction of sp³-hybridized carbons (Fsp3) is 0.400. The van der Waals surface area contributed by atoms with Gasteiger partial charge in [-0.15, -0.1) is 0 Å². The van der Waals surface area contributed by atoms with Crippen molar-refractivity contribution in [3.8, 4) is 0 Å². The van der Waals surface area contributed by atoms with Crippen molar-refractivity contribution in [2.45, 2.75) is 34.4 Å². The standard InChI is InChI=1S/C9H13.C5H5.CH2.Zr/c1-6-5-7(2)9(4)8(6)3;1-2-4-5-3-1;;/h5H,1-4H3;1-5H;1H2;. The van der Waals surface area contributed by atoms with Crippen molar-refractivity contribution in [2.24, 2.45) is 0 Å². The molecular formula is C15H20Zr. The zero-order chi connectivity index (χ0) is 11.9. The van der Waals surface area contributed by atoms with Gasteiger partial charge in [-0.3, -0.25) is 0 Å². The van der Waals surface area contributed by atoms with Crippen LogP contribution in [-0.2, 0) is 21.3 Å². The molecule has 0 bridgehead atoms. The summed E-state index contributed by atoms with van der Waals surface area (Å²) >= 11 is -1.74. The molecule has 0 aromatic rings. The van der Waals surface area contributed by atoms with Crippen LogP contribution < -0.4 is 0 Å². The first-order valence-electron chi connectivity index (χ1n) is 5.89. The van der Waals surface area contributed by atoms with Crippen molar-refractivity contribution in [3.63, 3.8) is 0 Å². The van der Waals surface area contributed by atoms with Gasteiger partial charge >= 0.3 is 107 Å². The Morgan fingerprint density at radius 3 is 2.19 bits per heavy atom. The van der Waals surface area contributed by atoms with Crippen molar-refractivity contribution in [3.05, 3.63) is 47.1 Å². The predicted molar refractivity (Wildman–Crippen MR) is 69.6 cm³/mol. The first-order chi connectivity index (χ1) is 7.47. The van der Waals surface area contributed by atoms with Gasteiger partial charge in [0.15, 0.2) is 0 Å². The molecule has 0 aliphatic heterocycles. The average molecular weight is 292 g/mol. The fourth-order valence-corrected chi connectivity index (χ4v) is 8.70. The first kappa shape index (κ1) is 12.2. The van der Waals surface area contributed by atoms with Gasteiger partial charge in [0.2, 0.25) is 0 Å². The minimum atomic E-state index is -1.74. The normalized spacial score (nSPS) is 29.1. The Hall–Kier alpha value is -0.287. The van der Waals surface area contributed by atoms with Crippen LogP contribution in [0, 0.1) is 0 Å². The van der Waals surface area contributed by atoms with Crippen molar-refractivity contribution in [1.29, 1.82) is 0 Å². The van der Waals surface area contributed by atoms with Crippen molar-refractivity contribution in [1.82, 2.24) is 0 Å². The van der Waals surface area contributed by atoms with Crippen molar-refractivity contribution < 1.29 is 21.3 Å². The van der Waals surface area contributed by atoms with E-state index in [2.05, 4.69) is 62.3 Å². The molecule has 16 heavy (non-hydrogen) atoms. The Labute approximate surface area is 107 Å². The summed E-state index contributed by atoms with van der Waals surface area (Å²) in [5.74, 6) is 0. The Bertz CT molecular complexity index is 448. The van der Waals surface area contributed by atoms with E-state index >= 15 is 0 Å². The maximum atomic E-state index is 4.61. The summed E-state index contributed by atoms with van der Waals surface area (Å²) in [4.78, 5) is 0. The Morgan fingerprint density at radius 1 is 1.19 bits per heavy atom. The molecule has 1 atom stereocenters. The second-order valence-electron chi connectivity index (χ2n) is 5.10. The molecule has 0 fully saturated rings. The molecule has 0 aromatic carbocycles. The van der Waals surface area contributed by atoms with Gasteiger partial charge < -0.3 is 0 Å². The molecule has 1 heteroatoms. The zero-order valence-corrected chi connectivity index (χ0v) is 13.1. The topological polar surface area (TPSA) is 0 Å². The van der Waals surface area contributed by atoms with E-state index in [0.717, 1.165) is 0 Å². The summed E-state index contributed by atoms with van der Waals surface area (Å²) in [7, 11) is 0. The van der Waals surface area contributed by atoms with Gasteiger partial charge in [0, 0.05) is 0 Å². The van der Waals surface area contributed by atoms with Crippen molar-refractivity contribution in [2.75, 3.05) is 0 Å². The third-order valence-corrected chi connectivity index (χ3v) is 11.7. The number of hydrogen-bond donors (Lipinski definition) is 0. The molecule has 0 nitrogen and oxygen atoms in total. The molecule has 2 rings (SSSR count). The van der Waals surface area contributed by atoms with E-state index in [0.29, 0.717) is 6.75 Å². The molecule has 0 amide bonds. The third-order valence-electron chi connectivity index (χ3n) is 4.26. The van der Waals surface area contributed by atoms with Crippen LogP contribution in [0.3, 0.4) is 0 Å². The fourth-order valence-electron chi connectivity index (χ4n) is 2.68. The molecule has 0 N–H and O–H groups in total. The van der Waals surface area contributed by atoms with Gasteiger partial charge in [-0.2, -0.15) is 0 Å². The second kappa shape index (κ2) is 4.18. The maximum absolute atomic E-state index is 4.61. The van der Waals surface area contributed by atoms with E-state index in [1.807, 2.05) is 0 Å². The summed E-state index contributed by atoms with van der Waals surface area (Å²) in [6.07, 6.45) is 11.5. The molecule has 84 valence electrons. The van der Waals surface area contributed by atoms with Crippen LogP contribution in [0.1, 0.15) is 27.7 Å². The number of rotatable bonds is 2. The summed E-state index contributed by atoms with van der Waals surface area (Å²) < 4.78 is 5.61. The first-order valence-corrected chi connectivity index (χ1v) is 10.3. The van der Waals surface area contributed by atoms with Crippen LogP contribution >= 0.6 is 0 Å². The molecule has 2 aliphatic rings. The molecule has 0 heterocycles. The van der Waals surface area contributed by atoms with Crippen LogP contribution in [0.4, 0.5) is 0 Å². The summed E-state index contributed by atoms with van der Waals surface area (Å²) in [6.45, 7) is 9.20. The van der Waals surface area contributed by atoms with E-state index in [4.69, 9.17) is 0 Å². The van der Waals surface area contributed by atoms with E-state index in [1.54, 1.807) is 5.57 Å². The van der Waals surface area contributed by atoms with E-state index < -0.39 is 21.3 Å². The molecule has 0 saturated carbocycles. The molecule has 0 saturated heterocycles. The van der Waals surface area contributed by atoms with Gasteiger partial charge in [-0.05, 0) is 0 Å². The summed E-state index contributed by atoms with van der Waals surface area (Å²) in [5.41, 5.74) is 4.53. The molecule has 0 spiro atoms. The van der Waals surface area contributed by atoms with Crippen LogP contribution in [0.5, 0.6) is 0 Å². The van der Waals surface area contributed by atoms with Crippen LogP contribution in [0.2, 0.25) is 6.75 Å².